The summed E-state index contributed by atoms with van der Waals surface area (Å²) < 4.78 is 72.8. The third-order valence-electron chi connectivity index (χ3n) is 4.10. The number of nitrogens with one attached hydrogen (secondary N) is 1. The van der Waals surface area contributed by atoms with Crippen molar-refractivity contribution in [1.82, 2.24) is 9.78 Å². The highest BCUT2D eigenvalue weighted by Gasteiger charge is 2.35. The molecule has 0 fully saturated rings. The summed E-state index contributed by atoms with van der Waals surface area (Å²) in [6.07, 6.45) is -6.50. The fourth-order valence-corrected chi connectivity index (χ4v) is 2.76. The lowest BCUT2D eigenvalue weighted by molar-refractivity contribution is -0.138. The number of amides is 1. The monoisotopic (exact) mass is 425 g/mol. The highest BCUT2D eigenvalue weighted by atomic mass is 19.4. The normalized spacial score (nSPS) is 11.6. The molecule has 0 aliphatic rings. The number of aryl methyl sites for hydroxylation is 2. The molecule has 3 aromatic rings. The molecule has 1 heterocycles. The molecule has 0 bridgehead atoms. The molecule has 0 saturated carbocycles. The summed E-state index contributed by atoms with van der Waals surface area (Å²) >= 11 is 0. The second-order valence-electron chi connectivity index (χ2n) is 6.45. The molecule has 0 saturated heterocycles. The zero-order valence-corrected chi connectivity index (χ0v) is 15.8. The number of carbonyl (C=O) groups is 1. The van der Waals surface area contributed by atoms with Gasteiger partial charge in [0.05, 0.1) is 16.8 Å². The first-order chi connectivity index (χ1) is 14.1. The number of ether oxygens (including phenoxy) is 1. The minimum Gasteiger partial charge on any atom is -0.455 e. The van der Waals surface area contributed by atoms with Crippen molar-refractivity contribution in [2.45, 2.75) is 19.5 Å². The zero-order chi connectivity index (χ0) is 22.1. The van der Waals surface area contributed by atoms with Crippen LogP contribution in [0.1, 0.15) is 33.6 Å². The number of benzene rings is 2. The van der Waals surface area contributed by atoms with Crippen LogP contribution in [0.4, 0.5) is 27.6 Å². The summed E-state index contributed by atoms with van der Waals surface area (Å²) in [5.41, 5.74) is -1.62. The molecule has 0 radical (unpaired) electrons. The molecule has 1 N–H and O–H groups in total. The number of hydrogen-bond donors (Lipinski definition) is 1. The van der Waals surface area contributed by atoms with E-state index in [-0.39, 0.29) is 17.0 Å². The van der Waals surface area contributed by atoms with Crippen molar-refractivity contribution in [2.24, 2.45) is 7.05 Å². The van der Waals surface area contributed by atoms with Crippen LogP contribution in [0.3, 0.4) is 0 Å². The molecule has 0 aliphatic carbocycles. The highest BCUT2D eigenvalue weighted by molar-refractivity contribution is 6.05. The minimum atomic E-state index is -4.65. The molecule has 0 spiro atoms. The number of aromatic nitrogens is 2. The third-order valence-corrected chi connectivity index (χ3v) is 4.10. The minimum absolute atomic E-state index is 0.0141. The number of rotatable bonds is 5. The molecular formula is C20H16F5N3O2. The maximum Gasteiger partial charge on any atom is 0.419 e. The number of alkyl halides is 5. The SMILES string of the molecule is Cc1ccc(Oc2ccccc2NC(=O)c2cn(C)nc2C(F)F)c(C(F)(F)F)c1. The van der Waals surface area contributed by atoms with E-state index in [1.165, 1.54) is 50.4 Å². The van der Waals surface area contributed by atoms with E-state index in [1.54, 1.807) is 0 Å². The Morgan fingerprint density at radius 1 is 1.13 bits per heavy atom. The molecule has 5 nitrogen and oxygen atoms in total. The topological polar surface area (TPSA) is 56.1 Å². The number of hydrogen-bond acceptors (Lipinski definition) is 3. The fraction of sp³-hybridized carbons (Fsp3) is 0.200. The molecule has 1 aromatic heterocycles. The number of anilines is 1. The van der Waals surface area contributed by atoms with Gasteiger partial charge in [-0.15, -0.1) is 0 Å². The quantitative estimate of drug-likeness (QED) is 0.531. The predicted molar refractivity (Wildman–Crippen MR) is 98.8 cm³/mol. The van der Waals surface area contributed by atoms with Crippen LogP contribution in [0.5, 0.6) is 11.5 Å². The molecule has 2 aromatic carbocycles. The molecule has 10 heteroatoms. The summed E-state index contributed by atoms with van der Waals surface area (Å²) in [5, 5.41) is 5.95. The van der Waals surface area contributed by atoms with Crippen LogP contribution < -0.4 is 10.1 Å². The Morgan fingerprint density at radius 2 is 1.83 bits per heavy atom. The smallest absolute Gasteiger partial charge is 0.419 e. The van der Waals surface area contributed by atoms with Crippen molar-refractivity contribution in [3.63, 3.8) is 0 Å². The Hall–Kier alpha value is -3.43. The van der Waals surface area contributed by atoms with Gasteiger partial charge in [0.2, 0.25) is 0 Å². The average Bonchev–Trinajstić information content (AvgIpc) is 3.06. The van der Waals surface area contributed by atoms with Crippen molar-refractivity contribution < 1.29 is 31.5 Å². The van der Waals surface area contributed by atoms with Gasteiger partial charge in [-0.2, -0.15) is 18.3 Å². The molecule has 0 unspecified atom stereocenters. The van der Waals surface area contributed by atoms with E-state index in [1.807, 2.05) is 0 Å². The first kappa shape index (κ1) is 21.3. The Morgan fingerprint density at radius 3 is 2.50 bits per heavy atom. The van der Waals surface area contributed by atoms with Gasteiger partial charge < -0.3 is 10.1 Å². The van der Waals surface area contributed by atoms with Gasteiger partial charge in [0, 0.05) is 13.2 Å². The van der Waals surface area contributed by atoms with E-state index in [4.69, 9.17) is 4.74 Å². The Kier molecular flexibility index (Phi) is 5.77. The molecule has 3 rings (SSSR count). The van der Waals surface area contributed by atoms with Crippen LogP contribution >= 0.6 is 0 Å². The largest absolute Gasteiger partial charge is 0.455 e. The van der Waals surface area contributed by atoms with Gasteiger partial charge in [-0.1, -0.05) is 23.8 Å². The van der Waals surface area contributed by atoms with Crippen LogP contribution in [0, 0.1) is 6.92 Å². The van der Waals surface area contributed by atoms with E-state index >= 15 is 0 Å². The number of carbonyl (C=O) groups excluding carboxylic acids is 1. The van der Waals surface area contributed by atoms with E-state index in [0.717, 1.165) is 16.9 Å². The summed E-state index contributed by atoms with van der Waals surface area (Å²) in [5.74, 6) is -1.43. The summed E-state index contributed by atoms with van der Waals surface area (Å²) in [6.45, 7) is 1.52. The molecule has 1 amide bonds. The van der Waals surface area contributed by atoms with Gasteiger partial charge >= 0.3 is 6.18 Å². The van der Waals surface area contributed by atoms with Crippen molar-refractivity contribution >= 4 is 11.6 Å². The van der Waals surface area contributed by atoms with E-state index in [9.17, 15) is 26.7 Å². The van der Waals surface area contributed by atoms with Gasteiger partial charge in [0.1, 0.15) is 11.4 Å². The van der Waals surface area contributed by atoms with Gasteiger partial charge in [-0.05, 0) is 31.2 Å². The van der Waals surface area contributed by atoms with Crippen LogP contribution in [0.25, 0.3) is 0 Å². The number of halogens is 5. The highest BCUT2D eigenvalue weighted by Crippen LogP contribution is 2.40. The molecule has 158 valence electrons. The van der Waals surface area contributed by atoms with Crippen LogP contribution in [0.15, 0.2) is 48.7 Å². The zero-order valence-electron chi connectivity index (χ0n) is 15.8. The van der Waals surface area contributed by atoms with Gasteiger partial charge in [-0.3, -0.25) is 9.48 Å². The second kappa shape index (κ2) is 8.13. The van der Waals surface area contributed by atoms with E-state index in [2.05, 4.69) is 10.4 Å². The van der Waals surface area contributed by atoms with Gasteiger partial charge in [0.15, 0.2) is 5.75 Å². The van der Waals surface area contributed by atoms with Crippen molar-refractivity contribution in [3.8, 4) is 11.5 Å². The second-order valence-corrected chi connectivity index (χ2v) is 6.45. The lowest BCUT2D eigenvalue weighted by atomic mass is 10.1. The predicted octanol–water partition coefficient (Wildman–Crippen LogP) is 5.73. The maximum atomic E-state index is 13.4. The lowest BCUT2D eigenvalue weighted by Gasteiger charge is -2.16. The Bertz CT molecular complexity index is 1080. The van der Waals surface area contributed by atoms with E-state index in [0.29, 0.717) is 5.56 Å². The van der Waals surface area contributed by atoms with Crippen molar-refractivity contribution in [3.05, 3.63) is 71.0 Å². The lowest BCUT2D eigenvalue weighted by Crippen LogP contribution is -2.14. The van der Waals surface area contributed by atoms with Crippen molar-refractivity contribution in [1.29, 1.82) is 0 Å². The third kappa shape index (κ3) is 4.58. The standard InChI is InChI=1S/C20H16F5N3O2/c1-11-7-8-15(13(9-11)20(23,24)25)30-16-6-4-3-5-14(16)26-19(29)12-10-28(2)27-17(12)18(21)22/h3-10,18H,1-2H3,(H,26,29). The van der Waals surface area contributed by atoms with Gasteiger partial charge in [-0.25, -0.2) is 8.78 Å². The number of para-hydroxylation sites is 2. The van der Waals surface area contributed by atoms with E-state index < -0.39 is 35.5 Å². The van der Waals surface area contributed by atoms with Crippen LogP contribution in [-0.4, -0.2) is 15.7 Å². The maximum absolute atomic E-state index is 13.4. The van der Waals surface area contributed by atoms with Crippen molar-refractivity contribution in [2.75, 3.05) is 5.32 Å². The summed E-state index contributed by atoms with van der Waals surface area (Å²) in [4.78, 5) is 12.5. The molecule has 30 heavy (non-hydrogen) atoms. The van der Waals surface area contributed by atoms with Gasteiger partial charge in [0.25, 0.3) is 12.3 Å². The molecular weight excluding hydrogens is 409 g/mol. The van der Waals surface area contributed by atoms with Crippen LogP contribution in [-0.2, 0) is 13.2 Å². The fourth-order valence-electron chi connectivity index (χ4n) is 2.76. The average molecular weight is 425 g/mol. The molecule has 0 aliphatic heterocycles. The number of nitrogens with zero attached hydrogens (tertiary/aromatic N) is 2. The molecule has 0 atom stereocenters. The summed E-state index contributed by atoms with van der Waals surface area (Å²) in [7, 11) is 1.38. The Balaban J connectivity index is 1.93. The summed E-state index contributed by atoms with van der Waals surface area (Å²) in [6, 6.07) is 9.32. The van der Waals surface area contributed by atoms with Crippen LogP contribution in [0.2, 0.25) is 0 Å². The first-order valence-electron chi connectivity index (χ1n) is 8.64. The first-order valence-corrected chi connectivity index (χ1v) is 8.64. The Labute approximate surface area is 168 Å².